The van der Waals surface area contributed by atoms with Crippen molar-refractivity contribution in [3.63, 3.8) is 0 Å². The van der Waals surface area contributed by atoms with Crippen LogP contribution in [0.1, 0.15) is 17.0 Å². The molecule has 3 heteroatoms. The van der Waals surface area contributed by atoms with E-state index in [2.05, 4.69) is 6.07 Å². The van der Waals surface area contributed by atoms with Crippen molar-refractivity contribution in [3.8, 4) is 6.07 Å². The fraction of sp³-hybridized carbons (Fsp3) is 0.188. The van der Waals surface area contributed by atoms with Gasteiger partial charge in [0.05, 0.1) is 22.8 Å². The third-order valence-electron chi connectivity index (χ3n) is 2.96. The largest absolute Gasteiger partial charge is 0.254 e. The van der Waals surface area contributed by atoms with Gasteiger partial charge < -0.3 is 0 Å². The molecule has 0 radical (unpaired) electrons. The molecule has 2 unspecified atom stereocenters. The van der Waals surface area contributed by atoms with Gasteiger partial charge in [0.25, 0.3) is 0 Å². The molecule has 0 aliphatic rings. The summed E-state index contributed by atoms with van der Waals surface area (Å²) in [6.45, 7) is 1.99. The van der Waals surface area contributed by atoms with Crippen molar-refractivity contribution in [1.29, 1.82) is 5.26 Å². The quantitative estimate of drug-likeness (QED) is 0.853. The first-order valence-corrected chi connectivity index (χ1v) is 7.42. The molecule has 0 saturated heterocycles. The van der Waals surface area contributed by atoms with Crippen LogP contribution in [-0.4, -0.2) is 9.96 Å². The molecule has 0 fully saturated rings. The highest BCUT2D eigenvalue weighted by molar-refractivity contribution is 7.85. The molecule has 2 nitrogen and oxygen atoms in total. The third-order valence-corrected chi connectivity index (χ3v) is 4.39. The minimum Gasteiger partial charge on any atom is -0.254 e. The Morgan fingerprint density at radius 1 is 1.11 bits per heavy atom. The van der Waals surface area contributed by atoms with E-state index in [0.29, 0.717) is 5.75 Å². The van der Waals surface area contributed by atoms with Crippen LogP contribution in [0.3, 0.4) is 0 Å². The van der Waals surface area contributed by atoms with E-state index in [1.165, 1.54) is 0 Å². The smallest absolute Gasteiger partial charge is 0.0831 e. The van der Waals surface area contributed by atoms with Gasteiger partial charge >= 0.3 is 0 Å². The van der Waals surface area contributed by atoms with Gasteiger partial charge in [-0.2, -0.15) is 5.26 Å². The van der Waals surface area contributed by atoms with Crippen molar-refractivity contribution in [3.05, 3.63) is 65.7 Å². The maximum absolute atomic E-state index is 12.3. The highest BCUT2D eigenvalue weighted by Crippen LogP contribution is 2.19. The van der Waals surface area contributed by atoms with Crippen LogP contribution in [0.5, 0.6) is 0 Å². The van der Waals surface area contributed by atoms with E-state index < -0.39 is 10.8 Å². The molecule has 0 N–H and O–H groups in total. The number of rotatable bonds is 4. The molecule has 96 valence electrons. The van der Waals surface area contributed by atoms with Crippen LogP contribution in [0.4, 0.5) is 0 Å². The zero-order chi connectivity index (χ0) is 13.7. The van der Waals surface area contributed by atoms with Crippen molar-refractivity contribution in [1.82, 2.24) is 0 Å². The van der Waals surface area contributed by atoms with Crippen molar-refractivity contribution in [2.75, 3.05) is 5.75 Å². The molecule has 2 atom stereocenters. The first kappa shape index (κ1) is 13.5. The first-order chi connectivity index (χ1) is 9.20. The Kier molecular flexibility index (Phi) is 4.48. The van der Waals surface area contributed by atoms with Gasteiger partial charge in [-0.15, -0.1) is 0 Å². The second-order valence-electron chi connectivity index (χ2n) is 4.42. The molecule has 0 heterocycles. The number of benzene rings is 2. The fourth-order valence-corrected chi connectivity index (χ4v) is 3.03. The predicted molar refractivity (Wildman–Crippen MR) is 77.3 cm³/mol. The molecular weight excluding hydrogens is 254 g/mol. The number of aryl methyl sites for hydroxylation is 1. The summed E-state index contributed by atoms with van der Waals surface area (Å²) >= 11 is 0. The van der Waals surface area contributed by atoms with Gasteiger partial charge in [-0.1, -0.05) is 48.0 Å². The first-order valence-electron chi connectivity index (χ1n) is 6.10. The number of nitriles is 1. The lowest BCUT2D eigenvalue weighted by Gasteiger charge is -2.09. The summed E-state index contributed by atoms with van der Waals surface area (Å²) in [5, 5.41) is 9.23. The molecule has 0 saturated carbocycles. The van der Waals surface area contributed by atoms with Gasteiger partial charge in [0.1, 0.15) is 0 Å². The summed E-state index contributed by atoms with van der Waals surface area (Å²) in [6.07, 6.45) is 0. The lowest BCUT2D eigenvalue weighted by atomic mass is 10.0. The Balaban J connectivity index is 2.13. The topological polar surface area (TPSA) is 40.9 Å². The van der Waals surface area contributed by atoms with Crippen molar-refractivity contribution in [2.24, 2.45) is 0 Å². The van der Waals surface area contributed by atoms with Gasteiger partial charge in [0.15, 0.2) is 0 Å². The van der Waals surface area contributed by atoms with Gasteiger partial charge in [-0.05, 0) is 24.6 Å². The average molecular weight is 269 g/mol. The Hall–Kier alpha value is -1.92. The standard InChI is InChI=1S/C16H15NOS/c1-13-7-9-16(10-8-13)19(18)12-15(11-17)14-5-3-2-4-6-14/h2-10,15H,12H2,1H3. The van der Waals surface area contributed by atoms with E-state index in [1.807, 2.05) is 61.5 Å². The fourth-order valence-electron chi connectivity index (χ4n) is 1.83. The van der Waals surface area contributed by atoms with Crippen molar-refractivity contribution >= 4 is 10.8 Å². The molecule has 19 heavy (non-hydrogen) atoms. The molecule has 0 bridgehead atoms. The Morgan fingerprint density at radius 2 is 1.74 bits per heavy atom. The van der Waals surface area contributed by atoms with Crippen LogP contribution >= 0.6 is 0 Å². The maximum Gasteiger partial charge on any atom is 0.0831 e. The van der Waals surface area contributed by atoms with E-state index in [9.17, 15) is 9.47 Å². The molecule has 2 aromatic carbocycles. The highest BCUT2D eigenvalue weighted by Gasteiger charge is 2.15. The van der Waals surface area contributed by atoms with E-state index in [0.717, 1.165) is 16.0 Å². The van der Waals surface area contributed by atoms with Crippen LogP contribution in [-0.2, 0) is 10.8 Å². The van der Waals surface area contributed by atoms with Crippen LogP contribution in [0, 0.1) is 18.3 Å². The van der Waals surface area contributed by atoms with E-state index in [-0.39, 0.29) is 5.92 Å². The Morgan fingerprint density at radius 3 is 2.32 bits per heavy atom. The zero-order valence-electron chi connectivity index (χ0n) is 10.7. The molecular formula is C16H15NOS. The second kappa shape index (κ2) is 6.31. The van der Waals surface area contributed by atoms with Gasteiger partial charge in [0, 0.05) is 10.6 Å². The summed E-state index contributed by atoms with van der Waals surface area (Å²) in [6, 6.07) is 19.4. The van der Waals surface area contributed by atoms with Crippen LogP contribution in [0.15, 0.2) is 59.5 Å². The molecule has 0 amide bonds. The summed E-state index contributed by atoms with van der Waals surface area (Å²) in [7, 11) is -1.14. The highest BCUT2D eigenvalue weighted by atomic mass is 32.2. The van der Waals surface area contributed by atoms with Gasteiger partial charge in [-0.3, -0.25) is 4.21 Å². The Labute approximate surface area is 116 Å². The minimum absolute atomic E-state index is 0.330. The van der Waals surface area contributed by atoms with Crippen molar-refractivity contribution < 1.29 is 4.21 Å². The van der Waals surface area contributed by atoms with Crippen LogP contribution < -0.4 is 0 Å². The molecule has 0 spiro atoms. The average Bonchev–Trinajstić information content (AvgIpc) is 2.46. The normalized spacial score (nSPS) is 13.5. The summed E-state index contributed by atoms with van der Waals surface area (Å²) in [5.74, 6) is 0.00664. The second-order valence-corrected chi connectivity index (χ2v) is 5.91. The van der Waals surface area contributed by atoms with E-state index in [4.69, 9.17) is 0 Å². The van der Waals surface area contributed by atoms with Crippen LogP contribution in [0.2, 0.25) is 0 Å². The SMILES string of the molecule is Cc1ccc(S(=O)CC(C#N)c2ccccc2)cc1. The molecule has 2 aromatic rings. The summed E-state index contributed by atoms with van der Waals surface area (Å²) in [4.78, 5) is 0.779. The Bertz CT molecular complexity index is 599. The minimum atomic E-state index is -1.14. The number of hydrogen-bond donors (Lipinski definition) is 0. The maximum atomic E-state index is 12.3. The molecule has 2 rings (SSSR count). The third kappa shape index (κ3) is 3.52. The summed E-state index contributed by atoms with van der Waals surface area (Å²) in [5.41, 5.74) is 2.06. The van der Waals surface area contributed by atoms with E-state index in [1.54, 1.807) is 0 Å². The lowest BCUT2D eigenvalue weighted by Crippen LogP contribution is -2.08. The van der Waals surface area contributed by atoms with Gasteiger partial charge in [0.2, 0.25) is 0 Å². The van der Waals surface area contributed by atoms with E-state index >= 15 is 0 Å². The zero-order valence-corrected chi connectivity index (χ0v) is 11.6. The number of nitrogens with zero attached hydrogens (tertiary/aromatic N) is 1. The van der Waals surface area contributed by atoms with Gasteiger partial charge in [-0.25, -0.2) is 0 Å². The summed E-state index contributed by atoms with van der Waals surface area (Å²) < 4.78 is 12.3. The lowest BCUT2D eigenvalue weighted by molar-refractivity contribution is 0.680. The molecule has 0 aliphatic carbocycles. The predicted octanol–water partition coefficient (Wildman–Crippen LogP) is 3.41. The molecule has 0 aliphatic heterocycles. The van der Waals surface area contributed by atoms with Crippen molar-refractivity contribution in [2.45, 2.75) is 17.7 Å². The van der Waals surface area contributed by atoms with Crippen LogP contribution in [0.25, 0.3) is 0 Å². The molecule has 0 aromatic heterocycles. The number of hydrogen-bond acceptors (Lipinski definition) is 2. The monoisotopic (exact) mass is 269 g/mol.